The van der Waals surface area contributed by atoms with E-state index in [0.29, 0.717) is 80.5 Å². The average molecular weight is 1420 g/mol. The number of imidazole rings is 2. The molecule has 1 aliphatic heterocycles. The molecule has 0 atom stereocenters. The summed E-state index contributed by atoms with van der Waals surface area (Å²) in [5.41, 5.74) is 5.40. The SMILES string of the molecule is CS(=O)(=O)OCCc1ccc(-c2cccc(-n3c(=O)n([C@H]4CC[C@@H](NC(=O)c5cn6cc(F)ccc6n5)CC4)c(=O)c4cc(F)cnc43)c2)cc1.O=C(N[C@H]1CC[C@@H](n2c(=O)c3cc(F)cnc3n(-c3cccc(-c4ccc(CCN5CCNCC5)cc4)c3)c2=O)CC1)c1cn2cc(F)ccc2n1. The lowest BCUT2D eigenvalue weighted by atomic mass is 9.90. The van der Waals surface area contributed by atoms with Crippen LogP contribution >= 0.6 is 0 Å². The molecule has 3 N–H and O–H groups in total. The lowest BCUT2D eigenvalue weighted by Gasteiger charge is -2.30. The van der Waals surface area contributed by atoms with Crippen LogP contribution < -0.4 is 38.4 Å². The zero-order valence-corrected chi connectivity index (χ0v) is 56.6. The van der Waals surface area contributed by atoms with E-state index in [4.69, 9.17) is 4.18 Å². The molecule has 8 aromatic heterocycles. The third-order valence-corrected chi connectivity index (χ3v) is 19.9. The summed E-state index contributed by atoms with van der Waals surface area (Å²) in [4.78, 5) is 102. The van der Waals surface area contributed by atoms with Gasteiger partial charge in [-0.3, -0.25) is 32.5 Å². The number of nitrogens with zero attached hydrogens (tertiary/aromatic N) is 11. The summed E-state index contributed by atoms with van der Waals surface area (Å²) >= 11 is 0. The molecule has 0 radical (unpaired) electrons. The molecule has 103 heavy (non-hydrogen) atoms. The van der Waals surface area contributed by atoms with Crippen molar-refractivity contribution in [2.45, 2.75) is 88.4 Å². The highest BCUT2D eigenvalue weighted by atomic mass is 32.2. The molecular formula is C75H70F4N14O9S. The van der Waals surface area contributed by atoms with Crippen LogP contribution in [0.5, 0.6) is 0 Å². The van der Waals surface area contributed by atoms with Crippen molar-refractivity contribution < 1.29 is 39.8 Å². The zero-order chi connectivity index (χ0) is 71.6. The number of carbonyl (C=O) groups excluding carboxylic acids is 2. The molecular weight excluding hydrogens is 1350 g/mol. The van der Waals surface area contributed by atoms with E-state index >= 15 is 0 Å². The number of fused-ring (bicyclic) bond motifs is 4. The Labute approximate surface area is 585 Å². The molecule has 2 aliphatic carbocycles. The Bertz CT molecular complexity index is 5600. The van der Waals surface area contributed by atoms with Crippen LogP contribution in [0.15, 0.2) is 190 Å². The summed E-state index contributed by atoms with van der Waals surface area (Å²) < 4.78 is 91.6. The minimum Gasteiger partial charge on any atom is -0.348 e. The van der Waals surface area contributed by atoms with Gasteiger partial charge in [0, 0.05) is 81.7 Å². The Kier molecular flexibility index (Phi) is 19.8. The quantitative estimate of drug-likeness (QED) is 0.0567. The minimum atomic E-state index is -3.53. The van der Waals surface area contributed by atoms with Gasteiger partial charge in [-0.2, -0.15) is 8.42 Å². The average Bonchev–Trinajstić information content (AvgIpc) is 1.48. The highest BCUT2D eigenvalue weighted by Crippen LogP contribution is 2.32. The molecule has 3 aliphatic rings. The normalized spacial score (nSPS) is 17.3. The number of carbonyl (C=O) groups is 2. The summed E-state index contributed by atoms with van der Waals surface area (Å²) in [6.45, 7) is 5.20. The molecule has 0 spiro atoms. The van der Waals surface area contributed by atoms with Crippen molar-refractivity contribution in [3.63, 3.8) is 0 Å². The van der Waals surface area contributed by atoms with Crippen molar-refractivity contribution in [3.8, 4) is 33.6 Å². The number of rotatable bonds is 17. The van der Waals surface area contributed by atoms with Crippen molar-refractivity contribution in [1.29, 1.82) is 0 Å². The van der Waals surface area contributed by atoms with Gasteiger partial charge in [-0.1, -0.05) is 72.8 Å². The van der Waals surface area contributed by atoms with Gasteiger partial charge in [-0.15, -0.1) is 0 Å². The van der Waals surface area contributed by atoms with Crippen LogP contribution in [0.3, 0.4) is 0 Å². The number of hydrogen-bond acceptors (Lipinski definition) is 15. The highest BCUT2D eigenvalue weighted by molar-refractivity contribution is 7.86. The van der Waals surface area contributed by atoms with Gasteiger partial charge in [-0.05, 0) is 158 Å². The standard InChI is InChI=1S/C39H38F2N8O3.C36H32F2N6O6S/c40-28-8-13-35-45-34(24-47(35)23-28)37(50)44-30-9-11-31(12-10-30)49-38(51)33-21-29(41)22-43-36(33)48(39(49)52)32-3-1-2-27(20-32)26-6-4-25(5-7-26)14-17-46-18-15-42-16-19-46;1-51(48,49)50-16-15-22-5-7-23(8-6-22)24-3-2-4-29(17-24)43-33-30(18-26(38)19-39-33)35(46)44(36(43)47)28-12-10-27(11-13-28)40-34(45)31-21-42-20-25(37)9-14-32(42)41-31/h1-8,13,20-24,30-31,42H,9-12,14-19H2,(H,44,50);2-9,14,17-21,27-28H,10-13,15-16H2,1H3,(H,40,45)/t30-,31+;27-,28+. The summed E-state index contributed by atoms with van der Waals surface area (Å²) in [6, 6.07) is 36.8. The number of nitrogens with one attached hydrogen (secondary N) is 3. The predicted octanol–water partition coefficient (Wildman–Crippen LogP) is 9.07. The van der Waals surface area contributed by atoms with Crippen molar-refractivity contribution in [1.82, 2.24) is 67.9 Å². The van der Waals surface area contributed by atoms with Crippen molar-refractivity contribution >= 4 is 55.3 Å². The van der Waals surface area contributed by atoms with Gasteiger partial charge < -0.3 is 29.7 Å². The Morgan fingerprint density at radius 2 is 0.961 bits per heavy atom. The van der Waals surface area contributed by atoms with E-state index in [0.717, 1.165) is 102 Å². The van der Waals surface area contributed by atoms with E-state index in [1.165, 1.54) is 77.1 Å². The number of hydrogen-bond donors (Lipinski definition) is 3. The maximum Gasteiger partial charge on any atom is 0.337 e. The summed E-state index contributed by atoms with van der Waals surface area (Å²) in [6.07, 6.45) is 13.4. The molecule has 2 amide bonds. The van der Waals surface area contributed by atoms with E-state index in [1.54, 1.807) is 24.3 Å². The highest BCUT2D eigenvalue weighted by Gasteiger charge is 2.31. The van der Waals surface area contributed by atoms with Gasteiger partial charge in [0.05, 0.1) is 47.4 Å². The molecule has 12 aromatic rings. The fourth-order valence-corrected chi connectivity index (χ4v) is 14.4. The number of benzene rings is 4. The second-order valence-electron chi connectivity index (χ2n) is 26.2. The molecule has 23 nitrogen and oxygen atoms in total. The topological polar surface area (TPSA) is 265 Å². The Morgan fingerprint density at radius 3 is 1.40 bits per heavy atom. The molecule has 0 bridgehead atoms. The molecule has 528 valence electrons. The largest absolute Gasteiger partial charge is 0.348 e. The van der Waals surface area contributed by atoms with Crippen LogP contribution in [0.25, 0.3) is 67.0 Å². The third-order valence-electron chi connectivity index (χ3n) is 19.3. The summed E-state index contributed by atoms with van der Waals surface area (Å²) in [7, 11) is -3.53. The van der Waals surface area contributed by atoms with E-state index < -0.39 is 73.9 Å². The molecule has 15 rings (SSSR count). The number of pyridine rings is 4. The Morgan fingerprint density at radius 1 is 0.524 bits per heavy atom. The van der Waals surface area contributed by atoms with Crippen LogP contribution in [0.4, 0.5) is 17.6 Å². The third kappa shape index (κ3) is 15.3. The molecule has 3 fully saturated rings. The fourth-order valence-electron chi connectivity index (χ4n) is 14.0. The first kappa shape index (κ1) is 69.0. The smallest absolute Gasteiger partial charge is 0.337 e. The number of piperazine rings is 1. The van der Waals surface area contributed by atoms with E-state index in [9.17, 15) is 54.7 Å². The second-order valence-corrected chi connectivity index (χ2v) is 27.8. The number of amides is 2. The van der Waals surface area contributed by atoms with E-state index in [-0.39, 0.29) is 58.1 Å². The molecule has 1 saturated heterocycles. The van der Waals surface area contributed by atoms with E-state index in [1.807, 2.05) is 48.5 Å². The monoisotopic (exact) mass is 1420 g/mol. The summed E-state index contributed by atoms with van der Waals surface area (Å²) in [5, 5.41) is 9.30. The second kappa shape index (κ2) is 29.5. The Hall–Kier alpha value is -11.1. The molecule has 4 aromatic carbocycles. The maximum absolute atomic E-state index is 14.5. The molecule has 0 unspecified atom stereocenters. The molecule has 28 heteroatoms. The first-order valence-corrected chi connectivity index (χ1v) is 35.8. The molecule has 2 saturated carbocycles. The van der Waals surface area contributed by atoms with Gasteiger partial charge in [0.1, 0.15) is 46.0 Å². The first-order valence-electron chi connectivity index (χ1n) is 34.0. The van der Waals surface area contributed by atoms with Crippen molar-refractivity contribution in [3.05, 3.63) is 258 Å². The molecule has 9 heterocycles. The lowest BCUT2D eigenvalue weighted by Crippen LogP contribution is -2.45. The predicted molar refractivity (Wildman–Crippen MR) is 379 cm³/mol. The van der Waals surface area contributed by atoms with Gasteiger partial charge in [0.15, 0.2) is 11.3 Å². The first-order chi connectivity index (χ1) is 49.7. The van der Waals surface area contributed by atoms with Gasteiger partial charge >= 0.3 is 11.4 Å². The number of halogens is 4. The van der Waals surface area contributed by atoms with E-state index in [2.05, 4.69) is 65.1 Å². The Balaban J connectivity index is 0.000000174. The zero-order valence-electron chi connectivity index (χ0n) is 55.8. The lowest BCUT2D eigenvalue weighted by molar-refractivity contribution is 0.0909. The fraction of sp³-hybridized carbons (Fsp3) is 0.280. The minimum absolute atomic E-state index is 0.0116. The maximum atomic E-state index is 14.5. The summed E-state index contributed by atoms with van der Waals surface area (Å²) in [5.74, 6) is -3.08. The van der Waals surface area contributed by atoms with Crippen LogP contribution in [0, 0.1) is 23.3 Å². The van der Waals surface area contributed by atoms with Crippen LogP contribution in [-0.2, 0) is 27.1 Å². The number of aromatic nitrogens is 10. The van der Waals surface area contributed by atoms with Gasteiger partial charge in [0.2, 0.25) is 0 Å². The van der Waals surface area contributed by atoms with Gasteiger partial charge in [0.25, 0.3) is 33.1 Å². The van der Waals surface area contributed by atoms with Crippen LogP contribution in [-0.4, -0.2) is 130 Å². The van der Waals surface area contributed by atoms with Crippen LogP contribution in [0.2, 0.25) is 0 Å². The van der Waals surface area contributed by atoms with Crippen molar-refractivity contribution in [2.75, 3.05) is 45.6 Å². The van der Waals surface area contributed by atoms with Crippen molar-refractivity contribution in [2.24, 2.45) is 0 Å². The van der Waals surface area contributed by atoms with Gasteiger partial charge in [-0.25, -0.2) is 56.2 Å². The van der Waals surface area contributed by atoms with Crippen LogP contribution in [0.1, 0.15) is 95.6 Å².